The van der Waals surface area contributed by atoms with Crippen molar-refractivity contribution in [2.24, 2.45) is 0 Å². The van der Waals surface area contributed by atoms with E-state index in [9.17, 15) is 4.79 Å². The first kappa shape index (κ1) is 15.3. The number of benzene rings is 1. The van der Waals surface area contributed by atoms with Crippen LogP contribution in [0, 0.1) is 0 Å². The molecule has 19 heavy (non-hydrogen) atoms. The van der Waals surface area contributed by atoms with Gasteiger partial charge in [-0.05, 0) is 31.8 Å². The first-order valence-corrected chi connectivity index (χ1v) is 6.49. The van der Waals surface area contributed by atoms with Crippen molar-refractivity contribution in [2.45, 2.75) is 6.92 Å². The molecule has 0 radical (unpaired) electrons. The number of nitrogens with zero attached hydrogens (tertiary/aromatic N) is 2. The minimum Gasteiger partial charge on any atom is -0.397 e. The third kappa shape index (κ3) is 4.44. The summed E-state index contributed by atoms with van der Waals surface area (Å²) >= 11 is 0. The molecule has 0 aliphatic carbocycles. The number of hydrogen-bond acceptors (Lipinski definition) is 4. The molecular weight excluding hydrogens is 240 g/mol. The summed E-state index contributed by atoms with van der Waals surface area (Å²) in [5.41, 5.74) is 8.04. The number of rotatable bonds is 6. The summed E-state index contributed by atoms with van der Waals surface area (Å²) in [5, 5.41) is 3.27. The van der Waals surface area contributed by atoms with E-state index < -0.39 is 0 Å². The van der Waals surface area contributed by atoms with Crippen molar-refractivity contribution < 1.29 is 4.79 Å². The largest absolute Gasteiger partial charge is 0.397 e. The summed E-state index contributed by atoms with van der Waals surface area (Å²) in [6, 6.07) is 5.33. The Morgan fingerprint density at radius 2 is 2.00 bits per heavy atom. The molecule has 1 rings (SSSR count). The molecule has 1 amide bonds. The molecule has 0 aliphatic rings. The van der Waals surface area contributed by atoms with Gasteiger partial charge < -0.3 is 20.9 Å². The maximum atomic E-state index is 11.9. The number of nitrogen functional groups attached to an aromatic ring is 1. The summed E-state index contributed by atoms with van der Waals surface area (Å²) < 4.78 is 0. The molecule has 0 aliphatic heterocycles. The minimum atomic E-state index is -0.0197. The van der Waals surface area contributed by atoms with Crippen LogP contribution >= 0.6 is 0 Å². The standard InChI is InChI=1S/C14H24N4O/c1-5-18(4)9-8-16-13-10-11(6-7-12(13)15)14(19)17(2)3/h6-7,10,16H,5,8-9,15H2,1-4H3. The van der Waals surface area contributed by atoms with Gasteiger partial charge in [0.1, 0.15) is 0 Å². The Morgan fingerprint density at radius 3 is 2.58 bits per heavy atom. The van der Waals surface area contributed by atoms with Crippen LogP contribution in [0.25, 0.3) is 0 Å². The number of hydrogen-bond donors (Lipinski definition) is 2. The van der Waals surface area contributed by atoms with Crippen LogP contribution in [0.3, 0.4) is 0 Å². The summed E-state index contributed by atoms with van der Waals surface area (Å²) in [7, 11) is 5.54. The van der Waals surface area contributed by atoms with E-state index in [1.165, 1.54) is 0 Å². The molecule has 106 valence electrons. The molecule has 0 bridgehead atoms. The van der Waals surface area contributed by atoms with Crippen molar-refractivity contribution in [1.82, 2.24) is 9.80 Å². The summed E-state index contributed by atoms with van der Waals surface area (Å²) in [4.78, 5) is 15.6. The van der Waals surface area contributed by atoms with Crippen LogP contribution in [0.5, 0.6) is 0 Å². The Balaban J connectivity index is 2.72. The van der Waals surface area contributed by atoms with Crippen molar-refractivity contribution in [1.29, 1.82) is 0 Å². The lowest BCUT2D eigenvalue weighted by Crippen LogP contribution is -2.25. The van der Waals surface area contributed by atoms with E-state index >= 15 is 0 Å². The van der Waals surface area contributed by atoms with Crippen LogP contribution in [0.1, 0.15) is 17.3 Å². The van der Waals surface area contributed by atoms with Crippen LogP contribution in [0.15, 0.2) is 18.2 Å². The maximum Gasteiger partial charge on any atom is 0.253 e. The van der Waals surface area contributed by atoms with Gasteiger partial charge in [0.15, 0.2) is 0 Å². The Bertz CT molecular complexity index is 431. The van der Waals surface area contributed by atoms with E-state index in [0.29, 0.717) is 11.3 Å². The zero-order valence-electron chi connectivity index (χ0n) is 12.2. The molecular formula is C14H24N4O. The topological polar surface area (TPSA) is 61.6 Å². The van der Waals surface area contributed by atoms with Crippen molar-refractivity contribution in [2.75, 3.05) is 51.8 Å². The molecule has 0 aromatic heterocycles. The number of nitrogens with two attached hydrogens (primary N) is 1. The lowest BCUT2D eigenvalue weighted by atomic mass is 10.1. The van der Waals surface area contributed by atoms with E-state index in [2.05, 4.69) is 24.2 Å². The second kappa shape index (κ2) is 6.99. The summed E-state index contributed by atoms with van der Waals surface area (Å²) in [5.74, 6) is -0.0197. The average Bonchev–Trinajstić information content (AvgIpc) is 2.39. The zero-order valence-corrected chi connectivity index (χ0v) is 12.2. The second-order valence-corrected chi connectivity index (χ2v) is 4.82. The van der Waals surface area contributed by atoms with Gasteiger partial charge >= 0.3 is 0 Å². The Labute approximate surface area is 115 Å². The van der Waals surface area contributed by atoms with Gasteiger partial charge in [-0.1, -0.05) is 6.92 Å². The first-order valence-electron chi connectivity index (χ1n) is 6.49. The van der Waals surface area contributed by atoms with E-state index in [1.807, 2.05) is 6.07 Å². The van der Waals surface area contributed by atoms with Gasteiger partial charge in [0, 0.05) is 32.7 Å². The molecule has 1 aromatic rings. The SMILES string of the molecule is CCN(C)CCNc1cc(C(=O)N(C)C)ccc1N. The Morgan fingerprint density at radius 1 is 1.32 bits per heavy atom. The Kier molecular flexibility index (Phi) is 5.63. The fourth-order valence-corrected chi connectivity index (χ4v) is 1.64. The second-order valence-electron chi connectivity index (χ2n) is 4.82. The molecule has 0 saturated carbocycles. The number of anilines is 2. The average molecular weight is 264 g/mol. The molecule has 0 heterocycles. The highest BCUT2D eigenvalue weighted by Crippen LogP contribution is 2.20. The van der Waals surface area contributed by atoms with Crippen LogP contribution in [-0.2, 0) is 0 Å². The molecule has 3 N–H and O–H groups in total. The predicted octanol–water partition coefficient (Wildman–Crippen LogP) is 1.33. The molecule has 5 heteroatoms. The first-order chi connectivity index (χ1) is 8.95. The smallest absolute Gasteiger partial charge is 0.253 e. The highest BCUT2D eigenvalue weighted by Gasteiger charge is 2.10. The highest BCUT2D eigenvalue weighted by atomic mass is 16.2. The van der Waals surface area contributed by atoms with E-state index in [1.54, 1.807) is 31.1 Å². The third-order valence-electron chi connectivity index (χ3n) is 3.06. The molecule has 0 saturated heterocycles. The molecule has 0 fully saturated rings. The summed E-state index contributed by atoms with van der Waals surface area (Å²) in [6.07, 6.45) is 0. The molecule has 5 nitrogen and oxygen atoms in total. The van der Waals surface area contributed by atoms with Gasteiger partial charge in [-0.3, -0.25) is 4.79 Å². The predicted molar refractivity (Wildman–Crippen MR) is 80.5 cm³/mol. The van der Waals surface area contributed by atoms with Gasteiger partial charge in [-0.15, -0.1) is 0 Å². The zero-order chi connectivity index (χ0) is 14.4. The van der Waals surface area contributed by atoms with Gasteiger partial charge in [0.25, 0.3) is 5.91 Å². The maximum absolute atomic E-state index is 11.9. The van der Waals surface area contributed by atoms with Crippen molar-refractivity contribution in [3.8, 4) is 0 Å². The van der Waals surface area contributed by atoms with Gasteiger partial charge in [0.05, 0.1) is 11.4 Å². The van der Waals surface area contributed by atoms with E-state index in [0.717, 1.165) is 25.3 Å². The van der Waals surface area contributed by atoms with Crippen LogP contribution in [0.4, 0.5) is 11.4 Å². The van der Waals surface area contributed by atoms with Crippen LogP contribution in [0.2, 0.25) is 0 Å². The fourth-order valence-electron chi connectivity index (χ4n) is 1.64. The minimum absolute atomic E-state index is 0.0197. The lowest BCUT2D eigenvalue weighted by Gasteiger charge is -2.17. The number of likely N-dealkylation sites (N-methyl/N-ethyl adjacent to an activating group) is 1. The number of carbonyl (C=O) groups excluding carboxylic acids is 1. The van der Waals surface area contributed by atoms with Crippen molar-refractivity contribution in [3.63, 3.8) is 0 Å². The summed E-state index contributed by atoms with van der Waals surface area (Å²) in [6.45, 7) is 4.86. The van der Waals surface area contributed by atoms with Crippen molar-refractivity contribution >= 4 is 17.3 Å². The van der Waals surface area contributed by atoms with Gasteiger partial charge in [-0.2, -0.15) is 0 Å². The quantitative estimate of drug-likeness (QED) is 0.761. The number of carbonyl (C=O) groups is 1. The third-order valence-corrected chi connectivity index (χ3v) is 3.06. The molecule has 0 atom stereocenters. The molecule has 0 spiro atoms. The highest BCUT2D eigenvalue weighted by molar-refractivity contribution is 5.95. The monoisotopic (exact) mass is 264 g/mol. The lowest BCUT2D eigenvalue weighted by molar-refractivity contribution is 0.0827. The number of amides is 1. The number of nitrogens with one attached hydrogen (secondary N) is 1. The van der Waals surface area contributed by atoms with Crippen molar-refractivity contribution in [3.05, 3.63) is 23.8 Å². The normalized spacial score (nSPS) is 10.6. The van der Waals surface area contributed by atoms with Gasteiger partial charge in [0.2, 0.25) is 0 Å². The van der Waals surface area contributed by atoms with E-state index in [-0.39, 0.29) is 5.91 Å². The van der Waals surface area contributed by atoms with Crippen LogP contribution in [-0.4, -0.2) is 56.5 Å². The fraction of sp³-hybridized carbons (Fsp3) is 0.500. The molecule has 0 unspecified atom stereocenters. The van der Waals surface area contributed by atoms with E-state index in [4.69, 9.17) is 5.73 Å². The Hall–Kier alpha value is -1.75. The molecule has 1 aromatic carbocycles. The van der Waals surface area contributed by atoms with Gasteiger partial charge in [-0.25, -0.2) is 0 Å². The van der Waals surface area contributed by atoms with Crippen LogP contribution < -0.4 is 11.1 Å².